The smallest absolute Gasteiger partial charge is 0.253 e. The van der Waals surface area contributed by atoms with Crippen LogP contribution in [-0.2, 0) is 4.79 Å². The highest BCUT2D eigenvalue weighted by Crippen LogP contribution is 2.36. The highest BCUT2D eigenvalue weighted by molar-refractivity contribution is 8.01. The van der Waals surface area contributed by atoms with Crippen molar-refractivity contribution in [3.8, 4) is 0 Å². The number of carbonyl (C=O) groups excluding carboxylic acids is 1. The molecule has 0 unspecified atom stereocenters. The van der Waals surface area contributed by atoms with Gasteiger partial charge in [-0.25, -0.2) is 5.01 Å². The lowest BCUT2D eigenvalue weighted by molar-refractivity contribution is -0.130. The number of nitrogen functional groups attached to an aromatic ring is 1. The monoisotopic (exact) mass is 407 g/mol. The molecule has 128 valence electrons. The van der Waals surface area contributed by atoms with E-state index in [1.165, 1.54) is 23.1 Å². The average Bonchev–Trinajstić information content (AvgIpc) is 3.38. The van der Waals surface area contributed by atoms with E-state index in [0.717, 1.165) is 21.9 Å². The van der Waals surface area contributed by atoms with E-state index in [1.54, 1.807) is 27.7 Å². The van der Waals surface area contributed by atoms with Crippen LogP contribution in [0.5, 0.6) is 0 Å². The lowest BCUT2D eigenvalue weighted by Gasteiger charge is -2.20. The summed E-state index contributed by atoms with van der Waals surface area (Å²) in [6.45, 7) is 0. The summed E-state index contributed by atoms with van der Waals surface area (Å²) in [7, 11) is 0. The van der Waals surface area contributed by atoms with E-state index in [1.807, 2.05) is 29.0 Å². The Labute approximate surface area is 160 Å². The number of rotatable bonds is 5. The quantitative estimate of drug-likeness (QED) is 0.652. The third kappa shape index (κ3) is 3.61. The van der Waals surface area contributed by atoms with Gasteiger partial charge < -0.3 is 5.73 Å². The predicted octanol–water partition coefficient (Wildman–Crippen LogP) is 3.71. The number of hydrogen-bond acceptors (Lipinski definition) is 9. The van der Waals surface area contributed by atoms with Crippen LogP contribution in [-0.4, -0.2) is 32.6 Å². The van der Waals surface area contributed by atoms with Gasteiger partial charge >= 0.3 is 0 Å². The van der Waals surface area contributed by atoms with Crippen LogP contribution in [0.4, 0.5) is 5.13 Å². The van der Waals surface area contributed by atoms with Crippen molar-refractivity contribution in [2.24, 2.45) is 5.10 Å². The first-order chi connectivity index (χ1) is 12.2. The van der Waals surface area contributed by atoms with Crippen molar-refractivity contribution < 1.29 is 4.79 Å². The van der Waals surface area contributed by atoms with Gasteiger partial charge in [-0.1, -0.05) is 35.2 Å². The number of carbonyl (C=O) groups is 1. The summed E-state index contributed by atoms with van der Waals surface area (Å²) in [5, 5.41) is 18.4. The Morgan fingerprint density at radius 2 is 2.12 bits per heavy atom. The first-order valence-corrected chi connectivity index (χ1v) is 11.0. The van der Waals surface area contributed by atoms with Crippen LogP contribution < -0.4 is 5.73 Å². The molecule has 4 rings (SSSR count). The number of nitrogens with zero attached hydrogens (tertiary/aromatic N) is 4. The summed E-state index contributed by atoms with van der Waals surface area (Å²) in [6.07, 6.45) is 0.739. The lowest BCUT2D eigenvalue weighted by Crippen LogP contribution is -2.28. The standard InChI is InChI=1S/C15H13N5OS4/c16-14-17-18-15(25-14)24-8-13(21)20-10(12-4-2-6-23-12)7-9(19-20)11-3-1-5-22-11/h1-6,10H,7-8H2,(H2,16,17)/t10-/m0/s1. The zero-order valence-corrected chi connectivity index (χ0v) is 16.1. The Hall–Kier alpha value is -1.75. The fraction of sp³-hybridized carbons (Fsp3) is 0.200. The zero-order valence-electron chi connectivity index (χ0n) is 12.9. The van der Waals surface area contributed by atoms with Crippen LogP contribution >= 0.6 is 45.8 Å². The van der Waals surface area contributed by atoms with Crippen molar-refractivity contribution in [2.45, 2.75) is 16.8 Å². The van der Waals surface area contributed by atoms with Crippen LogP contribution in [0.15, 0.2) is 44.5 Å². The van der Waals surface area contributed by atoms with Crippen molar-refractivity contribution in [3.05, 3.63) is 44.8 Å². The Morgan fingerprint density at radius 1 is 1.28 bits per heavy atom. The molecule has 0 aromatic carbocycles. The molecule has 0 aliphatic carbocycles. The molecule has 1 aliphatic heterocycles. The van der Waals surface area contributed by atoms with E-state index < -0.39 is 0 Å². The molecule has 0 saturated carbocycles. The van der Waals surface area contributed by atoms with E-state index in [2.05, 4.69) is 21.4 Å². The summed E-state index contributed by atoms with van der Waals surface area (Å²) in [4.78, 5) is 15.0. The summed E-state index contributed by atoms with van der Waals surface area (Å²) >= 11 is 5.93. The highest BCUT2D eigenvalue weighted by atomic mass is 32.2. The fourth-order valence-electron chi connectivity index (χ4n) is 2.50. The minimum atomic E-state index is -0.0382. The van der Waals surface area contributed by atoms with Crippen molar-refractivity contribution in [1.29, 1.82) is 0 Å². The summed E-state index contributed by atoms with van der Waals surface area (Å²) in [6, 6.07) is 8.07. The van der Waals surface area contributed by atoms with Gasteiger partial charge in [0.1, 0.15) is 0 Å². The molecule has 0 radical (unpaired) electrons. The maximum atomic E-state index is 12.8. The SMILES string of the molecule is Nc1nnc(SCC(=O)N2N=C(c3cccs3)C[C@H]2c2cccs2)s1. The molecule has 0 fully saturated rings. The number of thiophene rings is 2. The van der Waals surface area contributed by atoms with Gasteiger partial charge in [0, 0.05) is 11.3 Å². The summed E-state index contributed by atoms with van der Waals surface area (Å²) in [5.74, 6) is 0.223. The van der Waals surface area contributed by atoms with Crippen molar-refractivity contribution in [2.75, 3.05) is 11.5 Å². The van der Waals surface area contributed by atoms with Gasteiger partial charge in [-0.2, -0.15) is 5.10 Å². The summed E-state index contributed by atoms with van der Waals surface area (Å²) < 4.78 is 0.695. The van der Waals surface area contributed by atoms with Crippen molar-refractivity contribution in [3.63, 3.8) is 0 Å². The van der Waals surface area contributed by atoms with Crippen LogP contribution in [0.25, 0.3) is 0 Å². The third-order valence-corrected chi connectivity index (χ3v) is 7.35. The van der Waals surface area contributed by atoms with Gasteiger partial charge in [-0.05, 0) is 22.9 Å². The van der Waals surface area contributed by atoms with Gasteiger partial charge in [0.15, 0.2) is 4.34 Å². The number of hydrogen-bond donors (Lipinski definition) is 1. The van der Waals surface area contributed by atoms with E-state index in [9.17, 15) is 4.79 Å². The maximum Gasteiger partial charge on any atom is 0.253 e. The van der Waals surface area contributed by atoms with Crippen molar-refractivity contribution >= 4 is 62.5 Å². The number of amides is 1. The Morgan fingerprint density at radius 3 is 2.80 bits per heavy atom. The number of hydrazone groups is 1. The maximum absolute atomic E-state index is 12.8. The normalized spacial score (nSPS) is 17.0. The number of anilines is 1. The van der Waals surface area contributed by atoms with E-state index >= 15 is 0 Å². The number of aromatic nitrogens is 2. The lowest BCUT2D eigenvalue weighted by atomic mass is 10.1. The first kappa shape index (κ1) is 16.7. The Bertz CT molecular complexity index is 887. The topological polar surface area (TPSA) is 84.5 Å². The molecule has 1 amide bonds. The average molecular weight is 408 g/mol. The summed E-state index contributed by atoms with van der Waals surface area (Å²) in [5.41, 5.74) is 6.55. The molecule has 0 saturated heterocycles. The van der Waals surface area contributed by atoms with Gasteiger partial charge in [-0.15, -0.1) is 32.9 Å². The fourth-order valence-corrected chi connectivity index (χ4v) is 5.52. The second-order valence-electron chi connectivity index (χ2n) is 5.19. The third-order valence-electron chi connectivity index (χ3n) is 3.58. The van der Waals surface area contributed by atoms with Gasteiger partial charge in [0.25, 0.3) is 5.91 Å². The van der Waals surface area contributed by atoms with Crippen molar-refractivity contribution in [1.82, 2.24) is 15.2 Å². The molecular formula is C15H13N5OS4. The van der Waals surface area contributed by atoms with Crippen LogP contribution in [0, 0.1) is 0 Å². The molecule has 4 heterocycles. The van der Waals surface area contributed by atoms with E-state index in [-0.39, 0.29) is 17.7 Å². The van der Waals surface area contributed by atoms with Gasteiger partial charge in [0.05, 0.1) is 22.4 Å². The molecular weight excluding hydrogens is 394 g/mol. The van der Waals surface area contributed by atoms with E-state index in [4.69, 9.17) is 5.73 Å². The van der Waals surface area contributed by atoms with E-state index in [0.29, 0.717) is 9.47 Å². The molecule has 2 N–H and O–H groups in total. The molecule has 1 aliphatic rings. The molecule has 0 bridgehead atoms. The largest absolute Gasteiger partial charge is 0.374 e. The minimum Gasteiger partial charge on any atom is -0.374 e. The Balaban J connectivity index is 1.53. The minimum absolute atomic E-state index is 0.0373. The Kier molecular flexibility index (Phi) is 4.84. The second kappa shape index (κ2) is 7.24. The number of nitrogens with two attached hydrogens (primary N) is 1. The van der Waals surface area contributed by atoms with Crippen LogP contribution in [0.3, 0.4) is 0 Å². The van der Waals surface area contributed by atoms with Crippen LogP contribution in [0.1, 0.15) is 22.2 Å². The zero-order chi connectivity index (χ0) is 17.2. The number of thioether (sulfide) groups is 1. The molecule has 6 nitrogen and oxygen atoms in total. The molecule has 10 heteroatoms. The first-order valence-electron chi connectivity index (χ1n) is 7.39. The van der Waals surface area contributed by atoms with Gasteiger partial charge in [0.2, 0.25) is 5.13 Å². The molecule has 0 spiro atoms. The van der Waals surface area contributed by atoms with Gasteiger partial charge in [-0.3, -0.25) is 4.79 Å². The highest BCUT2D eigenvalue weighted by Gasteiger charge is 2.34. The molecule has 3 aromatic rings. The van der Waals surface area contributed by atoms with Crippen LogP contribution in [0.2, 0.25) is 0 Å². The predicted molar refractivity (Wildman–Crippen MR) is 104 cm³/mol. The molecule has 3 aromatic heterocycles. The molecule has 25 heavy (non-hydrogen) atoms. The second-order valence-corrected chi connectivity index (χ2v) is 9.35. The molecule has 1 atom stereocenters.